The third-order valence-electron chi connectivity index (χ3n) is 3.06. The first-order valence-corrected chi connectivity index (χ1v) is 7.16. The van der Waals surface area contributed by atoms with Crippen LogP contribution in [-0.4, -0.2) is 14.2 Å². The highest BCUT2D eigenvalue weighted by atomic mass is 79.9. The average molecular weight is 357 g/mol. The minimum Gasteiger partial charge on any atom is -0.493 e. The summed E-state index contributed by atoms with van der Waals surface area (Å²) in [7, 11) is 3.20. The summed E-state index contributed by atoms with van der Waals surface area (Å²) in [6.45, 7) is 0. The quantitative estimate of drug-likeness (QED) is 0.894. The van der Waals surface area contributed by atoms with Crippen molar-refractivity contribution in [2.75, 3.05) is 14.2 Å². The zero-order valence-corrected chi connectivity index (χ0v) is 13.5. The SMILES string of the molecule is COc1ccc(C(N)c2cc(Cl)ccc2Br)cc1OC. The van der Waals surface area contributed by atoms with Crippen LogP contribution in [-0.2, 0) is 0 Å². The van der Waals surface area contributed by atoms with Gasteiger partial charge in [-0.15, -0.1) is 0 Å². The number of hydrogen-bond acceptors (Lipinski definition) is 3. The molecule has 0 aliphatic heterocycles. The molecule has 0 fully saturated rings. The van der Waals surface area contributed by atoms with Gasteiger partial charge in [-0.25, -0.2) is 0 Å². The van der Waals surface area contributed by atoms with Gasteiger partial charge in [-0.1, -0.05) is 33.6 Å². The molecule has 2 aromatic rings. The molecule has 0 saturated carbocycles. The molecular formula is C15H15BrClNO2. The molecule has 0 radical (unpaired) electrons. The molecule has 0 bridgehead atoms. The van der Waals surface area contributed by atoms with E-state index in [-0.39, 0.29) is 6.04 Å². The molecule has 0 spiro atoms. The molecule has 0 aliphatic rings. The lowest BCUT2D eigenvalue weighted by Crippen LogP contribution is -2.12. The summed E-state index contributed by atoms with van der Waals surface area (Å²) in [5, 5.41) is 0.652. The summed E-state index contributed by atoms with van der Waals surface area (Å²) >= 11 is 9.53. The van der Waals surface area contributed by atoms with Crippen molar-refractivity contribution in [1.82, 2.24) is 0 Å². The average Bonchev–Trinajstić information content (AvgIpc) is 2.48. The maximum atomic E-state index is 6.32. The Labute approximate surface area is 131 Å². The van der Waals surface area contributed by atoms with Gasteiger partial charge in [0.1, 0.15) is 0 Å². The monoisotopic (exact) mass is 355 g/mol. The molecule has 0 saturated heterocycles. The number of halogens is 2. The molecule has 0 amide bonds. The normalized spacial score (nSPS) is 12.1. The first kappa shape index (κ1) is 15.2. The van der Waals surface area contributed by atoms with Crippen LogP contribution in [0.15, 0.2) is 40.9 Å². The number of hydrogen-bond donors (Lipinski definition) is 1. The Balaban J connectivity index is 2.42. The van der Waals surface area contributed by atoms with Gasteiger partial charge in [0, 0.05) is 9.50 Å². The highest BCUT2D eigenvalue weighted by Gasteiger charge is 2.15. The Morgan fingerprint density at radius 1 is 1.05 bits per heavy atom. The summed E-state index contributed by atoms with van der Waals surface area (Å²) in [6, 6.07) is 10.9. The lowest BCUT2D eigenvalue weighted by Gasteiger charge is -2.17. The van der Waals surface area contributed by atoms with Gasteiger partial charge in [0.05, 0.1) is 20.3 Å². The van der Waals surface area contributed by atoms with E-state index in [1.54, 1.807) is 14.2 Å². The second-order valence-corrected chi connectivity index (χ2v) is 5.55. The Morgan fingerprint density at radius 3 is 2.40 bits per heavy atom. The maximum Gasteiger partial charge on any atom is 0.161 e. The van der Waals surface area contributed by atoms with E-state index in [4.69, 9.17) is 26.8 Å². The number of ether oxygens (including phenoxy) is 2. The fourth-order valence-electron chi connectivity index (χ4n) is 1.98. The molecule has 1 atom stereocenters. The Morgan fingerprint density at radius 2 is 1.75 bits per heavy atom. The lowest BCUT2D eigenvalue weighted by molar-refractivity contribution is 0.354. The second-order valence-electron chi connectivity index (χ2n) is 4.26. The van der Waals surface area contributed by atoms with E-state index in [9.17, 15) is 0 Å². The summed E-state index contributed by atoms with van der Waals surface area (Å²) in [6.07, 6.45) is 0. The van der Waals surface area contributed by atoms with Crippen LogP contribution in [0.5, 0.6) is 11.5 Å². The van der Waals surface area contributed by atoms with Gasteiger partial charge in [-0.05, 0) is 41.5 Å². The van der Waals surface area contributed by atoms with Crippen LogP contribution in [0.4, 0.5) is 0 Å². The standard InChI is InChI=1S/C15H15BrClNO2/c1-19-13-6-3-9(7-14(13)20-2)15(18)11-8-10(17)4-5-12(11)16/h3-8,15H,18H2,1-2H3. The van der Waals surface area contributed by atoms with Gasteiger partial charge in [0.15, 0.2) is 11.5 Å². The van der Waals surface area contributed by atoms with Crippen LogP contribution < -0.4 is 15.2 Å². The van der Waals surface area contributed by atoms with E-state index < -0.39 is 0 Å². The second kappa shape index (κ2) is 6.48. The van der Waals surface area contributed by atoms with Crippen molar-refractivity contribution < 1.29 is 9.47 Å². The molecule has 0 aliphatic carbocycles. The molecule has 2 rings (SSSR count). The zero-order chi connectivity index (χ0) is 14.7. The summed E-state index contributed by atoms with van der Waals surface area (Å²) in [5.74, 6) is 1.33. The Kier molecular flexibility index (Phi) is 4.91. The van der Waals surface area contributed by atoms with Crippen LogP contribution in [0.2, 0.25) is 5.02 Å². The van der Waals surface area contributed by atoms with Gasteiger partial charge in [0.25, 0.3) is 0 Å². The molecule has 5 heteroatoms. The molecule has 0 heterocycles. The topological polar surface area (TPSA) is 44.5 Å². The van der Waals surface area contributed by atoms with Gasteiger partial charge >= 0.3 is 0 Å². The minimum atomic E-state index is -0.303. The van der Waals surface area contributed by atoms with Crippen molar-refractivity contribution in [2.24, 2.45) is 5.73 Å². The van der Waals surface area contributed by atoms with Gasteiger partial charge in [0.2, 0.25) is 0 Å². The van der Waals surface area contributed by atoms with Crippen molar-refractivity contribution in [2.45, 2.75) is 6.04 Å². The summed E-state index contributed by atoms with van der Waals surface area (Å²) < 4.78 is 11.4. The molecule has 1 unspecified atom stereocenters. The Bertz CT molecular complexity index is 619. The molecule has 2 aromatic carbocycles. The smallest absolute Gasteiger partial charge is 0.161 e. The summed E-state index contributed by atoms with van der Waals surface area (Å²) in [4.78, 5) is 0. The van der Waals surface area contributed by atoms with E-state index in [1.807, 2.05) is 36.4 Å². The predicted molar refractivity (Wildman–Crippen MR) is 84.7 cm³/mol. The number of nitrogens with two attached hydrogens (primary N) is 1. The fraction of sp³-hybridized carbons (Fsp3) is 0.200. The first-order chi connectivity index (χ1) is 9.56. The van der Waals surface area contributed by atoms with Crippen LogP contribution in [0.3, 0.4) is 0 Å². The van der Waals surface area contributed by atoms with Crippen molar-refractivity contribution in [3.8, 4) is 11.5 Å². The van der Waals surface area contributed by atoms with E-state index in [0.29, 0.717) is 16.5 Å². The largest absolute Gasteiger partial charge is 0.493 e. The van der Waals surface area contributed by atoms with Crippen molar-refractivity contribution in [3.05, 3.63) is 57.0 Å². The molecule has 20 heavy (non-hydrogen) atoms. The third-order valence-corrected chi connectivity index (χ3v) is 4.02. The van der Waals surface area contributed by atoms with E-state index in [1.165, 1.54) is 0 Å². The highest BCUT2D eigenvalue weighted by Crippen LogP contribution is 2.34. The van der Waals surface area contributed by atoms with Crippen LogP contribution in [0.1, 0.15) is 17.2 Å². The Hall–Kier alpha value is -1.23. The van der Waals surface area contributed by atoms with Crippen LogP contribution >= 0.6 is 27.5 Å². The van der Waals surface area contributed by atoms with Crippen LogP contribution in [0.25, 0.3) is 0 Å². The molecule has 2 N–H and O–H groups in total. The first-order valence-electron chi connectivity index (χ1n) is 5.99. The number of rotatable bonds is 4. The maximum absolute atomic E-state index is 6.32. The fourth-order valence-corrected chi connectivity index (χ4v) is 2.65. The molecular weight excluding hydrogens is 342 g/mol. The van der Waals surface area contributed by atoms with Crippen LogP contribution in [0, 0.1) is 0 Å². The van der Waals surface area contributed by atoms with E-state index in [2.05, 4.69) is 15.9 Å². The lowest BCUT2D eigenvalue weighted by atomic mass is 9.99. The molecule has 3 nitrogen and oxygen atoms in total. The van der Waals surface area contributed by atoms with E-state index >= 15 is 0 Å². The van der Waals surface area contributed by atoms with Gasteiger partial charge in [-0.3, -0.25) is 0 Å². The number of methoxy groups -OCH3 is 2. The zero-order valence-electron chi connectivity index (χ0n) is 11.2. The minimum absolute atomic E-state index is 0.303. The molecule has 106 valence electrons. The van der Waals surface area contributed by atoms with Gasteiger partial charge < -0.3 is 15.2 Å². The third kappa shape index (κ3) is 3.08. The summed E-state index contributed by atoms with van der Waals surface area (Å²) in [5.41, 5.74) is 8.16. The molecule has 0 aromatic heterocycles. The predicted octanol–water partition coefficient (Wildman–Crippen LogP) is 4.17. The van der Waals surface area contributed by atoms with Crippen molar-refractivity contribution in [1.29, 1.82) is 0 Å². The number of benzene rings is 2. The van der Waals surface area contributed by atoms with Crippen molar-refractivity contribution >= 4 is 27.5 Å². The van der Waals surface area contributed by atoms with Gasteiger partial charge in [-0.2, -0.15) is 0 Å². The van der Waals surface area contributed by atoms with E-state index in [0.717, 1.165) is 15.6 Å². The van der Waals surface area contributed by atoms with Crippen molar-refractivity contribution in [3.63, 3.8) is 0 Å². The highest BCUT2D eigenvalue weighted by molar-refractivity contribution is 9.10.